The third-order valence-corrected chi connectivity index (χ3v) is 16.0. The predicted molar refractivity (Wildman–Crippen MR) is 271 cm³/mol. The van der Waals surface area contributed by atoms with Crippen molar-refractivity contribution in [2.75, 3.05) is 32.3 Å². The minimum atomic E-state index is -3.73. The molecule has 0 radical (unpaired) electrons. The van der Waals surface area contributed by atoms with Gasteiger partial charge in [-0.25, -0.2) is 9.59 Å². The number of hydrogen-bond donors (Lipinski definition) is 6. The van der Waals surface area contributed by atoms with Gasteiger partial charge in [-0.1, -0.05) is 80.6 Å². The van der Waals surface area contributed by atoms with E-state index in [2.05, 4.69) is 13.7 Å². The van der Waals surface area contributed by atoms with E-state index in [0.29, 0.717) is 5.56 Å². The predicted octanol–water partition coefficient (Wildman–Crippen LogP) is 1.40. The third kappa shape index (κ3) is 12.9. The zero-order valence-electron chi connectivity index (χ0n) is 44.0. The summed E-state index contributed by atoms with van der Waals surface area (Å²) in [6.07, 6.45) is -12.1. The minimum Gasteiger partial charge on any atom is -0.456 e. The van der Waals surface area contributed by atoms with E-state index in [1.54, 1.807) is 92.7 Å². The topological polar surface area (TPSA) is 348 Å². The first-order valence-corrected chi connectivity index (χ1v) is 28.2. The van der Waals surface area contributed by atoms with Crippen molar-refractivity contribution in [1.29, 1.82) is 0 Å². The first-order valence-electron chi connectivity index (χ1n) is 24.5. The monoisotopic (exact) mass is 1130 g/mol. The van der Waals surface area contributed by atoms with Crippen molar-refractivity contribution >= 4 is 55.8 Å². The summed E-state index contributed by atoms with van der Waals surface area (Å²) in [7, 11) is -7.45. The van der Waals surface area contributed by atoms with Crippen molar-refractivity contribution in [3.05, 3.63) is 119 Å². The van der Waals surface area contributed by atoms with Crippen LogP contribution in [-0.4, -0.2) is 170 Å². The average Bonchev–Trinajstić information content (AvgIpc) is 3.45. The molecule has 1 amide bonds. The number of hydrogen-bond acceptors (Lipinski definition) is 22. The maximum Gasteiger partial charge on any atom is 0.338 e. The molecule has 1 heterocycles. The van der Waals surface area contributed by atoms with Crippen LogP contribution in [0.5, 0.6) is 0 Å². The number of carbonyl (C=O) groups is 6. The highest BCUT2D eigenvalue weighted by atomic mass is 32.2. The summed E-state index contributed by atoms with van der Waals surface area (Å²) < 4.78 is 80.8. The molecule has 0 spiro atoms. The zero-order valence-corrected chi connectivity index (χ0v) is 45.6. The van der Waals surface area contributed by atoms with Crippen LogP contribution >= 0.6 is 0 Å². The van der Waals surface area contributed by atoms with Crippen LogP contribution in [0.2, 0.25) is 0 Å². The van der Waals surface area contributed by atoms with Gasteiger partial charge >= 0.3 is 23.9 Å². The van der Waals surface area contributed by atoms with Crippen LogP contribution in [0.3, 0.4) is 0 Å². The van der Waals surface area contributed by atoms with Gasteiger partial charge in [-0.2, -0.15) is 16.8 Å². The normalized spacial score (nSPS) is 28.8. The van der Waals surface area contributed by atoms with E-state index in [1.165, 1.54) is 26.0 Å². The van der Waals surface area contributed by atoms with E-state index < -0.39 is 158 Å². The Morgan fingerprint density at radius 1 is 0.756 bits per heavy atom. The summed E-state index contributed by atoms with van der Waals surface area (Å²) in [5.41, 5.74) is -7.02. The minimum absolute atomic E-state index is 0.00289. The van der Waals surface area contributed by atoms with Gasteiger partial charge in [0.05, 0.1) is 61.4 Å². The van der Waals surface area contributed by atoms with Crippen LogP contribution in [-0.2, 0) is 71.5 Å². The van der Waals surface area contributed by atoms with Gasteiger partial charge in [-0.3, -0.25) is 27.5 Å². The number of amides is 1. The standard InChI is InChI=1S/C47H51NO14.C6H14O8S2/c1-25-31(60-43(56)36(52)35(28-16-10-7-11-17-28)48-41(54)29-18-12-8-13-19-29)23-47(57)40(61-42(55)30-20-14-9-15-21-30)38-45(6,32(51)22-33-46(38,24-58-33)62-27(3)50)39(53)37(59-26(2)49)34(25)44(47,4)5;1-15(9,10)13-3-5(7)6(8)4-14-16(2,11)12/h7-21,31-33,35-38,40,51-52,57H,22-24H2,1-6H3,(H,48,54);5-8H,3-4H2,1-2H3/t31-,32-,33+,35-,36+,37+,38-,40-,45+,46-,47+;/m0./s1. The molecule has 6 N–H and O–H groups in total. The number of benzene rings is 3. The molecule has 78 heavy (non-hydrogen) atoms. The smallest absolute Gasteiger partial charge is 0.338 e. The highest BCUT2D eigenvalue weighted by Gasteiger charge is 2.78. The number of carbonyl (C=O) groups excluding carboxylic acids is 6. The summed E-state index contributed by atoms with van der Waals surface area (Å²) in [6, 6.07) is 22.9. The molecule has 25 heteroatoms. The van der Waals surface area contributed by atoms with E-state index in [4.69, 9.17) is 33.9 Å². The maximum absolute atomic E-state index is 15.5. The molecular weight excluding hydrogens is 1070 g/mol. The number of nitrogens with one attached hydrogen (secondary N) is 1. The summed E-state index contributed by atoms with van der Waals surface area (Å²) in [4.78, 5) is 83.5. The molecule has 23 nitrogen and oxygen atoms in total. The number of ketones is 1. The lowest BCUT2D eigenvalue weighted by atomic mass is 9.44. The first-order chi connectivity index (χ1) is 36.3. The molecule has 2 bridgehead atoms. The summed E-state index contributed by atoms with van der Waals surface area (Å²) in [5.74, 6) is -6.84. The number of fused-ring (bicyclic) bond motifs is 5. The van der Waals surface area contributed by atoms with Crippen molar-refractivity contribution in [2.45, 2.75) is 120 Å². The molecule has 3 aromatic rings. The lowest BCUT2D eigenvalue weighted by Crippen LogP contribution is -2.82. The number of Topliss-reactive ketones (excluding diaryl/α,β-unsaturated/α-hetero) is 1. The third-order valence-electron chi connectivity index (χ3n) is 14.8. The van der Waals surface area contributed by atoms with Crippen LogP contribution in [0, 0.1) is 16.7 Å². The molecule has 0 aromatic heterocycles. The quantitative estimate of drug-likeness (QED) is 0.0481. The first kappa shape index (κ1) is 61.2. The van der Waals surface area contributed by atoms with Crippen molar-refractivity contribution in [1.82, 2.24) is 5.32 Å². The Morgan fingerprint density at radius 2 is 1.27 bits per heavy atom. The van der Waals surface area contributed by atoms with Gasteiger partial charge in [0.25, 0.3) is 26.1 Å². The van der Waals surface area contributed by atoms with Gasteiger partial charge in [-0.15, -0.1) is 0 Å². The Balaban J connectivity index is 0.000000533. The number of rotatable bonds is 17. The number of ether oxygens (including phenoxy) is 5. The second kappa shape index (κ2) is 23.8. The highest BCUT2D eigenvalue weighted by Crippen LogP contribution is 2.64. The molecule has 7 rings (SSSR count). The van der Waals surface area contributed by atoms with Crippen LogP contribution in [0.25, 0.3) is 0 Å². The van der Waals surface area contributed by atoms with Crippen molar-refractivity contribution in [3.8, 4) is 0 Å². The average molecular weight is 1130 g/mol. The van der Waals surface area contributed by atoms with Gasteiger partial charge < -0.3 is 54.5 Å². The Hall–Kier alpha value is -6.00. The van der Waals surface area contributed by atoms with Crippen LogP contribution < -0.4 is 5.32 Å². The molecule has 426 valence electrons. The molecular formula is C53H65NO22S2. The lowest BCUT2D eigenvalue weighted by Gasteiger charge is -2.67. The Bertz CT molecular complexity index is 2930. The molecule has 3 aromatic carbocycles. The lowest BCUT2D eigenvalue weighted by molar-refractivity contribution is -0.346. The maximum atomic E-state index is 15.5. The zero-order chi connectivity index (χ0) is 57.9. The molecule has 4 aliphatic rings. The van der Waals surface area contributed by atoms with E-state index in [1.807, 2.05) is 0 Å². The number of esters is 4. The van der Waals surface area contributed by atoms with Gasteiger partial charge in [-0.05, 0) is 54.8 Å². The van der Waals surface area contributed by atoms with Gasteiger partial charge in [0.15, 0.2) is 23.6 Å². The Kier molecular flexibility index (Phi) is 18.6. The van der Waals surface area contributed by atoms with Gasteiger partial charge in [0, 0.05) is 37.7 Å². The molecule has 2 unspecified atom stereocenters. The highest BCUT2D eigenvalue weighted by molar-refractivity contribution is 7.86. The SMILES string of the molecule is CC(=O)O[C@H]1C(=O)[C@@]2(C)[C@H]([C@H](OC(=O)c3ccccc3)[C@]3(O)C[C@H](OC(=O)[C@H](O)[C@@H](NC(=O)c4ccccc4)c4ccccc4)C(C)=C1C3(C)C)[C@]1(OC(C)=O)CO[C@@H]1C[C@@H]2O.CS(=O)(=O)OCC(O)C(O)COS(C)(=O)=O. The molecule has 1 aliphatic heterocycles. The second-order valence-corrected chi connectivity index (χ2v) is 23.8. The van der Waals surface area contributed by atoms with Crippen LogP contribution in [0.1, 0.15) is 86.7 Å². The van der Waals surface area contributed by atoms with Crippen molar-refractivity contribution < 1.29 is 103 Å². The summed E-state index contributed by atoms with van der Waals surface area (Å²) in [6.45, 7) is 6.63. The molecule has 13 atom stereocenters. The van der Waals surface area contributed by atoms with E-state index in [0.717, 1.165) is 26.4 Å². The van der Waals surface area contributed by atoms with Crippen molar-refractivity contribution in [2.24, 2.45) is 16.7 Å². The molecule has 3 fully saturated rings. The fraction of sp³-hybridized carbons (Fsp3) is 0.509. The number of aliphatic hydroxyl groups is 5. The second-order valence-electron chi connectivity index (χ2n) is 20.5. The largest absolute Gasteiger partial charge is 0.456 e. The van der Waals surface area contributed by atoms with Crippen LogP contribution in [0.15, 0.2) is 102 Å². The summed E-state index contributed by atoms with van der Waals surface area (Å²) in [5, 5.41) is 58.6. The fourth-order valence-electron chi connectivity index (χ4n) is 10.8. The van der Waals surface area contributed by atoms with E-state index in [-0.39, 0.29) is 35.3 Å². The van der Waals surface area contributed by atoms with Gasteiger partial charge in [0.2, 0.25) is 0 Å². The van der Waals surface area contributed by atoms with E-state index in [9.17, 15) is 56.1 Å². The Morgan fingerprint density at radius 3 is 1.74 bits per heavy atom. The molecule has 1 saturated heterocycles. The molecule has 3 aliphatic carbocycles. The van der Waals surface area contributed by atoms with Crippen LogP contribution in [0.4, 0.5) is 0 Å². The number of aliphatic hydroxyl groups excluding tert-OH is 4. The van der Waals surface area contributed by atoms with Gasteiger partial charge in [0.1, 0.15) is 36.1 Å². The fourth-order valence-corrected chi connectivity index (χ4v) is 11.6. The Labute approximate surface area is 451 Å². The van der Waals surface area contributed by atoms with E-state index >= 15 is 4.79 Å². The van der Waals surface area contributed by atoms with Crippen molar-refractivity contribution in [3.63, 3.8) is 0 Å². The molecule has 2 saturated carbocycles. The summed E-state index contributed by atoms with van der Waals surface area (Å²) >= 11 is 0.